The standard InChI is InChI=1S/C19H37N5O2.HI/c1-5-20-19(22-16(4)10-9-14-23(6-2)7-3)21-13-15-24-17(25)11-8-12-18(24)26;/h16H,5-15H2,1-4H3,(H2,20,21,22);1H. The SMILES string of the molecule is CCNC(=NCCN1C(=O)CCCC1=O)NC(C)CCCN(CC)CC.I. The fourth-order valence-corrected chi connectivity index (χ4v) is 3.10. The zero-order valence-corrected chi connectivity index (χ0v) is 19.8. The van der Waals surface area contributed by atoms with E-state index in [1.165, 1.54) is 4.90 Å². The molecule has 0 aromatic carbocycles. The van der Waals surface area contributed by atoms with E-state index >= 15 is 0 Å². The first-order chi connectivity index (χ1) is 12.5. The summed E-state index contributed by atoms with van der Waals surface area (Å²) in [6.07, 6.45) is 3.83. The van der Waals surface area contributed by atoms with Gasteiger partial charge in [-0.25, -0.2) is 0 Å². The number of amides is 2. The topological polar surface area (TPSA) is 77.0 Å². The van der Waals surface area contributed by atoms with Crippen molar-refractivity contribution in [3.8, 4) is 0 Å². The van der Waals surface area contributed by atoms with E-state index in [0.717, 1.165) is 45.0 Å². The van der Waals surface area contributed by atoms with Gasteiger partial charge in [0.25, 0.3) is 0 Å². The molecular formula is C19H38IN5O2. The Morgan fingerprint density at radius 1 is 1.19 bits per heavy atom. The zero-order valence-electron chi connectivity index (χ0n) is 17.4. The molecule has 2 N–H and O–H groups in total. The Labute approximate surface area is 181 Å². The number of aliphatic imine (C=N–C) groups is 1. The van der Waals surface area contributed by atoms with Crippen LogP contribution in [-0.2, 0) is 9.59 Å². The number of guanidine groups is 1. The Kier molecular flexibility index (Phi) is 14.6. The third kappa shape index (κ3) is 10.3. The van der Waals surface area contributed by atoms with Crippen molar-refractivity contribution in [2.75, 3.05) is 39.3 Å². The van der Waals surface area contributed by atoms with E-state index in [1.54, 1.807) is 0 Å². The molecule has 1 fully saturated rings. The molecule has 1 rings (SSSR count). The minimum Gasteiger partial charge on any atom is -0.357 e. The van der Waals surface area contributed by atoms with Crippen LogP contribution in [0.4, 0.5) is 0 Å². The van der Waals surface area contributed by atoms with E-state index in [1.807, 2.05) is 6.92 Å². The van der Waals surface area contributed by atoms with Gasteiger partial charge in [-0.05, 0) is 52.7 Å². The highest BCUT2D eigenvalue weighted by molar-refractivity contribution is 14.0. The van der Waals surface area contributed by atoms with Crippen molar-refractivity contribution in [3.63, 3.8) is 0 Å². The second-order valence-corrected chi connectivity index (χ2v) is 6.77. The summed E-state index contributed by atoms with van der Waals surface area (Å²) in [5.74, 6) is 0.609. The molecule has 8 heteroatoms. The van der Waals surface area contributed by atoms with E-state index in [2.05, 4.69) is 41.3 Å². The lowest BCUT2D eigenvalue weighted by Crippen LogP contribution is -2.44. The van der Waals surface area contributed by atoms with Gasteiger partial charge < -0.3 is 15.5 Å². The second-order valence-electron chi connectivity index (χ2n) is 6.77. The first-order valence-corrected chi connectivity index (χ1v) is 10.1. The van der Waals surface area contributed by atoms with Crippen molar-refractivity contribution in [3.05, 3.63) is 0 Å². The van der Waals surface area contributed by atoms with Crippen LogP contribution < -0.4 is 10.6 Å². The Hall–Kier alpha value is -0.900. The maximum absolute atomic E-state index is 11.8. The zero-order chi connectivity index (χ0) is 19.4. The molecule has 1 aliphatic rings. The van der Waals surface area contributed by atoms with Crippen LogP contribution in [-0.4, -0.2) is 72.9 Å². The van der Waals surface area contributed by atoms with Crippen LogP contribution in [0.1, 0.15) is 59.8 Å². The Bertz CT molecular complexity index is 453. The summed E-state index contributed by atoms with van der Waals surface area (Å²) in [4.78, 5) is 32.0. The number of carbonyl (C=O) groups excluding carboxylic acids is 2. The predicted octanol–water partition coefficient (Wildman–Crippen LogP) is 2.21. The molecule has 1 unspecified atom stereocenters. The largest absolute Gasteiger partial charge is 0.357 e. The molecule has 1 atom stereocenters. The number of hydrogen-bond donors (Lipinski definition) is 2. The van der Waals surface area contributed by atoms with E-state index in [9.17, 15) is 9.59 Å². The van der Waals surface area contributed by atoms with Gasteiger partial charge >= 0.3 is 0 Å². The molecule has 0 aromatic rings. The first-order valence-electron chi connectivity index (χ1n) is 10.1. The molecule has 0 radical (unpaired) electrons. The molecule has 2 amide bonds. The van der Waals surface area contributed by atoms with Crippen molar-refractivity contribution < 1.29 is 9.59 Å². The monoisotopic (exact) mass is 495 g/mol. The summed E-state index contributed by atoms with van der Waals surface area (Å²) in [7, 11) is 0. The molecular weight excluding hydrogens is 457 g/mol. The maximum Gasteiger partial charge on any atom is 0.229 e. The highest BCUT2D eigenvalue weighted by atomic mass is 127. The quantitative estimate of drug-likeness (QED) is 0.199. The highest BCUT2D eigenvalue weighted by Crippen LogP contribution is 2.11. The number of nitrogens with zero attached hydrogens (tertiary/aromatic N) is 3. The van der Waals surface area contributed by atoms with Gasteiger partial charge in [-0.15, -0.1) is 24.0 Å². The minimum absolute atomic E-state index is 0. The number of piperidine rings is 1. The normalized spacial score (nSPS) is 16.3. The summed E-state index contributed by atoms with van der Waals surface area (Å²) in [6.45, 7) is 13.5. The smallest absolute Gasteiger partial charge is 0.229 e. The number of rotatable bonds is 11. The maximum atomic E-state index is 11.8. The first kappa shape index (κ1) is 26.1. The number of carbonyl (C=O) groups is 2. The van der Waals surface area contributed by atoms with Crippen molar-refractivity contribution in [1.82, 2.24) is 20.4 Å². The van der Waals surface area contributed by atoms with E-state index in [4.69, 9.17) is 0 Å². The molecule has 0 saturated carbocycles. The number of imide groups is 1. The van der Waals surface area contributed by atoms with Crippen molar-refractivity contribution >= 4 is 41.8 Å². The minimum atomic E-state index is -0.0702. The van der Waals surface area contributed by atoms with Gasteiger partial charge in [-0.2, -0.15) is 0 Å². The lowest BCUT2D eigenvalue weighted by Gasteiger charge is -2.24. The average molecular weight is 495 g/mol. The molecule has 7 nitrogen and oxygen atoms in total. The summed E-state index contributed by atoms with van der Waals surface area (Å²) >= 11 is 0. The molecule has 0 aromatic heterocycles. The van der Waals surface area contributed by atoms with Gasteiger partial charge in [0.1, 0.15) is 0 Å². The van der Waals surface area contributed by atoms with Crippen LogP contribution in [0.5, 0.6) is 0 Å². The predicted molar refractivity (Wildman–Crippen MR) is 122 cm³/mol. The van der Waals surface area contributed by atoms with Crippen LogP contribution in [0.15, 0.2) is 4.99 Å². The second kappa shape index (κ2) is 15.1. The third-order valence-corrected chi connectivity index (χ3v) is 4.71. The van der Waals surface area contributed by atoms with Gasteiger partial charge in [0, 0.05) is 32.0 Å². The van der Waals surface area contributed by atoms with Crippen LogP contribution in [0.3, 0.4) is 0 Å². The Balaban J connectivity index is 0.00000676. The summed E-state index contributed by atoms with van der Waals surface area (Å²) in [6, 6.07) is 0.321. The summed E-state index contributed by atoms with van der Waals surface area (Å²) < 4.78 is 0. The third-order valence-electron chi connectivity index (χ3n) is 4.71. The average Bonchev–Trinajstić information content (AvgIpc) is 2.61. The summed E-state index contributed by atoms with van der Waals surface area (Å²) in [5, 5.41) is 6.66. The fraction of sp³-hybridized carbons (Fsp3) is 0.842. The van der Waals surface area contributed by atoms with Crippen LogP contribution in [0.25, 0.3) is 0 Å². The molecule has 158 valence electrons. The molecule has 1 aliphatic heterocycles. The molecule has 0 spiro atoms. The van der Waals surface area contributed by atoms with E-state index in [0.29, 0.717) is 38.4 Å². The van der Waals surface area contributed by atoms with E-state index < -0.39 is 0 Å². The van der Waals surface area contributed by atoms with Gasteiger partial charge in [-0.1, -0.05) is 13.8 Å². The Morgan fingerprint density at radius 3 is 2.37 bits per heavy atom. The lowest BCUT2D eigenvalue weighted by atomic mass is 10.1. The van der Waals surface area contributed by atoms with Gasteiger partial charge in [0.2, 0.25) is 11.8 Å². The van der Waals surface area contributed by atoms with Gasteiger partial charge in [0.15, 0.2) is 5.96 Å². The number of halogens is 1. The van der Waals surface area contributed by atoms with Gasteiger partial charge in [-0.3, -0.25) is 19.5 Å². The number of likely N-dealkylation sites (tertiary alicyclic amines) is 1. The molecule has 1 saturated heterocycles. The van der Waals surface area contributed by atoms with Crippen LogP contribution in [0.2, 0.25) is 0 Å². The molecule has 27 heavy (non-hydrogen) atoms. The van der Waals surface area contributed by atoms with Crippen molar-refractivity contribution in [2.24, 2.45) is 4.99 Å². The van der Waals surface area contributed by atoms with Crippen LogP contribution >= 0.6 is 24.0 Å². The van der Waals surface area contributed by atoms with Crippen molar-refractivity contribution in [2.45, 2.75) is 65.8 Å². The van der Waals surface area contributed by atoms with Crippen LogP contribution in [0, 0.1) is 0 Å². The molecule has 1 heterocycles. The summed E-state index contributed by atoms with van der Waals surface area (Å²) in [5.41, 5.74) is 0. The molecule has 0 aliphatic carbocycles. The van der Waals surface area contributed by atoms with Gasteiger partial charge in [0.05, 0.1) is 6.54 Å². The lowest BCUT2D eigenvalue weighted by molar-refractivity contribution is -0.147. The highest BCUT2D eigenvalue weighted by Gasteiger charge is 2.25. The number of hydrogen-bond acceptors (Lipinski definition) is 4. The van der Waals surface area contributed by atoms with E-state index in [-0.39, 0.29) is 35.8 Å². The van der Waals surface area contributed by atoms with Crippen molar-refractivity contribution in [1.29, 1.82) is 0 Å². The fourth-order valence-electron chi connectivity index (χ4n) is 3.10. The number of nitrogens with one attached hydrogen (secondary N) is 2. The Morgan fingerprint density at radius 2 is 1.81 bits per heavy atom. The molecule has 0 bridgehead atoms.